The SMILES string of the molecule is O=C1CNCCN1N1CCOC1=O. The van der Waals surface area contributed by atoms with Crippen molar-refractivity contribution in [3.8, 4) is 0 Å². The highest BCUT2D eigenvalue weighted by Gasteiger charge is 2.32. The van der Waals surface area contributed by atoms with Crippen molar-refractivity contribution in [1.82, 2.24) is 15.3 Å². The van der Waals surface area contributed by atoms with E-state index in [1.54, 1.807) is 0 Å². The van der Waals surface area contributed by atoms with Gasteiger partial charge in [-0.2, -0.15) is 0 Å². The first-order chi connectivity index (χ1) is 6.29. The Hall–Kier alpha value is -1.30. The Morgan fingerprint density at radius 3 is 2.69 bits per heavy atom. The average molecular weight is 185 g/mol. The van der Waals surface area contributed by atoms with Gasteiger partial charge in [0.1, 0.15) is 6.61 Å². The second kappa shape index (κ2) is 3.21. The third kappa shape index (κ3) is 1.44. The van der Waals surface area contributed by atoms with Gasteiger partial charge in [-0.1, -0.05) is 0 Å². The first-order valence-electron chi connectivity index (χ1n) is 4.24. The van der Waals surface area contributed by atoms with Crippen LogP contribution in [0.5, 0.6) is 0 Å². The van der Waals surface area contributed by atoms with Crippen LogP contribution in [0.15, 0.2) is 0 Å². The summed E-state index contributed by atoms with van der Waals surface area (Å²) in [6.07, 6.45) is -0.421. The molecule has 0 bridgehead atoms. The van der Waals surface area contributed by atoms with Crippen LogP contribution in [0.1, 0.15) is 0 Å². The summed E-state index contributed by atoms with van der Waals surface area (Å²) in [5.74, 6) is -0.0786. The van der Waals surface area contributed by atoms with Gasteiger partial charge in [0.15, 0.2) is 0 Å². The molecule has 13 heavy (non-hydrogen) atoms. The Balaban J connectivity index is 2.05. The lowest BCUT2D eigenvalue weighted by atomic mass is 10.4. The third-order valence-electron chi connectivity index (χ3n) is 2.10. The number of ether oxygens (including phenoxy) is 1. The first kappa shape index (κ1) is 8.31. The van der Waals surface area contributed by atoms with E-state index in [1.807, 2.05) is 0 Å². The van der Waals surface area contributed by atoms with Crippen molar-refractivity contribution in [1.29, 1.82) is 0 Å². The van der Waals surface area contributed by atoms with E-state index >= 15 is 0 Å². The molecule has 0 spiro atoms. The van der Waals surface area contributed by atoms with E-state index in [0.29, 0.717) is 26.2 Å². The molecular formula is C7H11N3O3. The summed E-state index contributed by atoms with van der Waals surface area (Å²) < 4.78 is 4.74. The number of cyclic esters (lactones) is 1. The number of piperazine rings is 1. The van der Waals surface area contributed by atoms with Crippen LogP contribution in [0.3, 0.4) is 0 Å². The van der Waals surface area contributed by atoms with E-state index in [9.17, 15) is 9.59 Å². The average Bonchev–Trinajstić information content (AvgIpc) is 2.52. The zero-order valence-electron chi connectivity index (χ0n) is 7.15. The Labute approximate surface area is 75.4 Å². The largest absolute Gasteiger partial charge is 0.446 e. The molecule has 2 aliphatic heterocycles. The smallest absolute Gasteiger partial charge is 0.429 e. The van der Waals surface area contributed by atoms with Crippen LogP contribution in [0.4, 0.5) is 4.79 Å². The van der Waals surface area contributed by atoms with Crippen molar-refractivity contribution in [2.24, 2.45) is 0 Å². The molecule has 0 radical (unpaired) electrons. The number of hydrogen-bond acceptors (Lipinski definition) is 4. The van der Waals surface area contributed by atoms with Crippen molar-refractivity contribution >= 4 is 12.0 Å². The van der Waals surface area contributed by atoms with Crippen molar-refractivity contribution in [3.63, 3.8) is 0 Å². The number of hydrazine groups is 1. The van der Waals surface area contributed by atoms with Crippen molar-refractivity contribution in [3.05, 3.63) is 0 Å². The standard InChI is InChI=1S/C7H11N3O3/c11-6-5-8-1-2-9(6)10-3-4-13-7(10)12/h8H,1-5H2. The second-order valence-electron chi connectivity index (χ2n) is 2.93. The van der Waals surface area contributed by atoms with Gasteiger partial charge in [-0.15, -0.1) is 0 Å². The maximum Gasteiger partial charge on any atom is 0.429 e. The van der Waals surface area contributed by atoms with Crippen molar-refractivity contribution in [2.45, 2.75) is 0 Å². The van der Waals surface area contributed by atoms with E-state index in [-0.39, 0.29) is 5.91 Å². The van der Waals surface area contributed by atoms with Gasteiger partial charge in [0, 0.05) is 6.54 Å². The molecule has 2 heterocycles. The van der Waals surface area contributed by atoms with Gasteiger partial charge in [0.05, 0.1) is 19.6 Å². The fourth-order valence-corrected chi connectivity index (χ4v) is 1.46. The van der Waals surface area contributed by atoms with E-state index < -0.39 is 6.09 Å². The Bertz CT molecular complexity index is 243. The highest BCUT2D eigenvalue weighted by molar-refractivity contribution is 5.82. The highest BCUT2D eigenvalue weighted by atomic mass is 16.6. The summed E-state index contributed by atoms with van der Waals surface area (Å²) >= 11 is 0. The second-order valence-corrected chi connectivity index (χ2v) is 2.93. The normalized spacial score (nSPS) is 23.7. The lowest BCUT2D eigenvalue weighted by molar-refractivity contribution is -0.144. The van der Waals surface area contributed by atoms with Crippen LogP contribution in [-0.2, 0) is 9.53 Å². The van der Waals surface area contributed by atoms with Crippen molar-refractivity contribution in [2.75, 3.05) is 32.8 Å². The number of hydrogen-bond donors (Lipinski definition) is 1. The lowest BCUT2D eigenvalue weighted by Gasteiger charge is -2.32. The minimum Gasteiger partial charge on any atom is -0.446 e. The molecule has 2 amide bonds. The van der Waals surface area contributed by atoms with Crippen LogP contribution in [0.2, 0.25) is 0 Å². The van der Waals surface area contributed by atoms with Gasteiger partial charge >= 0.3 is 6.09 Å². The maximum absolute atomic E-state index is 11.3. The van der Waals surface area contributed by atoms with Crippen molar-refractivity contribution < 1.29 is 14.3 Å². The van der Waals surface area contributed by atoms with Gasteiger partial charge < -0.3 is 10.1 Å². The predicted molar refractivity (Wildman–Crippen MR) is 42.6 cm³/mol. The minimum absolute atomic E-state index is 0.0786. The minimum atomic E-state index is -0.421. The van der Waals surface area contributed by atoms with E-state index in [4.69, 9.17) is 4.74 Å². The molecule has 6 nitrogen and oxygen atoms in total. The molecule has 1 N–H and O–H groups in total. The molecule has 2 aliphatic rings. The number of rotatable bonds is 1. The molecule has 2 fully saturated rings. The van der Waals surface area contributed by atoms with E-state index in [1.165, 1.54) is 10.0 Å². The van der Waals surface area contributed by atoms with Gasteiger partial charge in [0.2, 0.25) is 0 Å². The highest BCUT2D eigenvalue weighted by Crippen LogP contribution is 2.09. The fourth-order valence-electron chi connectivity index (χ4n) is 1.46. The number of nitrogens with zero attached hydrogens (tertiary/aromatic N) is 2. The molecule has 6 heteroatoms. The molecule has 72 valence electrons. The summed E-state index contributed by atoms with van der Waals surface area (Å²) in [5, 5.41) is 5.75. The summed E-state index contributed by atoms with van der Waals surface area (Å²) in [6, 6.07) is 0. The topological polar surface area (TPSA) is 61.9 Å². The van der Waals surface area contributed by atoms with Gasteiger partial charge in [-0.05, 0) is 0 Å². The third-order valence-corrected chi connectivity index (χ3v) is 2.10. The Kier molecular flexibility index (Phi) is 2.05. The molecule has 0 aliphatic carbocycles. The van der Waals surface area contributed by atoms with Crippen LogP contribution >= 0.6 is 0 Å². The van der Waals surface area contributed by atoms with Gasteiger partial charge in [-0.25, -0.2) is 14.8 Å². The number of carbonyl (C=O) groups excluding carboxylic acids is 2. The molecule has 0 saturated carbocycles. The molecule has 0 aromatic carbocycles. The zero-order valence-corrected chi connectivity index (χ0v) is 7.15. The summed E-state index contributed by atoms with van der Waals surface area (Å²) in [4.78, 5) is 22.4. The van der Waals surface area contributed by atoms with Crippen LogP contribution in [-0.4, -0.2) is 54.8 Å². The molecule has 2 saturated heterocycles. The van der Waals surface area contributed by atoms with Crippen LogP contribution < -0.4 is 5.32 Å². The fraction of sp³-hybridized carbons (Fsp3) is 0.714. The molecule has 0 aromatic heterocycles. The lowest BCUT2D eigenvalue weighted by Crippen LogP contribution is -2.56. The summed E-state index contributed by atoms with van der Waals surface area (Å²) in [5.41, 5.74) is 0. The number of amides is 2. The Morgan fingerprint density at radius 1 is 1.23 bits per heavy atom. The summed E-state index contributed by atoms with van der Waals surface area (Å²) in [7, 11) is 0. The van der Waals surface area contributed by atoms with Crippen LogP contribution in [0, 0.1) is 0 Å². The molecule has 0 aromatic rings. The first-order valence-corrected chi connectivity index (χ1v) is 4.24. The summed E-state index contributed by atoms with van der Waals surface area (Å²) in [6.45, 7) is 2.40. The predicted octanol–water partition coefficient (Wildman–Crippen LogP) is -1.21. The zero-order chi connectivity index (χ0) is 9.26. The number of carbonyl (C=O) groups is 2. The quantitative estimate of drug-likeness (QED) is 0.556. The molecular weight excluding hydrogens is 174 g/mol. The molecule has 2 rings (SSSR count). The molecule has 0 unspecified atom stereocenters. The van der Waals surface area contributed by atoms with E-state index in [0.717, 1.165) is 6.54 Å². The molecule has 0 atom stereocenters. The van der Waals surface area contributed by atoms with Crippen LogP contribution in [0.25, 0.3) is 0 Å². The number of nitrogens with one attached hydrogen (secondary N) is 1. The van der Waals surface area contributed by atoms with Gasteiger partial charge in [-0.3, -0.25) is 4.79 Å². The monoisotopic (exact) mass is 185 g/mol. The maximum atomic E-state index is 11.3. The Morgan fingerprint density at radius 2 is 2.08 bits per heavy atom. The van der Waals surface area contributed by atoms with E-state index in [2.05, 4.69) is 5.32 Å². The van der Waals surface area contributed by atoms with Gasteiger partial charge in [0.25, 0.3) is 5.91 Å².